The monoisotopic (exact) mass is 366 g/mol. The zero-order valence-electron chi connectivity index (χ0n) is 13.4. The van der Waals surface area contributed by atoms with Crippen LogP contribution in [0.2, 0.25) is 5.02 Å². The molecule has 2 aromatic carbocycles. The molecule has 1 atom stereocenters. The molecule has 0 aliphatic carbocycles. The third-order valence-electron chi connectivity index (χ3n) is 3.50. The van der Waals surface area contributed by atoms with E-state index in [4.69, 9.17) is 11.6 Å². The lowest BCUT2D eigenvalue weighted by Gasteiger charge is -2.13. The smallest absolute Gasteiger partial charge is 0.263 e. The van der Waals surface area contributed by atoms with Crippen molar-refractivity contribution in [2.45, 2.75) is 31.2 Å². The number of rotatable bonds is 6. The fourth-order valence-electron chi connectivity index (χ4n) is 1.98. The molecule has 0 spiro atoms. The number of carbonyl (C=O) groups is 1. The first kappa shape index (κ1) is 18.3. The molecule has 0 saturated carbocycles. The van der Waals surface area contributed by atoms with E-state index in [9.17, 15) is 13.2 Å². The Balaban J connectivity index is 2.32. The number of hydrogen-bond acceptors (Lipinski definition) is 3. The van der Waals surface area contributed by atoms with Crippen LogP contribution in [0.3, 0.4) is 0 Å². The van der Waals surface area contributed by atoms with Gasteiger partial charge in [0.15, 0.2) is 0 Å². The minimum Gasteiger partial charge on any atom is -0.350 e. The number of carbonyl (C=O) groups excluding carboxylic acids is 1. The molecule has 0 aliphatic heterocycles. The maximum atomic E-state index is 12.5. The standard InChI is InChI=1S/C17H19ClN2O3S/c1-3-12(2)19-17(21)13-9-10-15(18)16(11-13)24(22,23)20-14-7-5-4-6-8-14/h4-12,20H,3H2,1-2H3,(H,19,21). The van der Waals surface area contributed by atoms with Gasteiger partial charge in [-0.2, -0.15) is 0 Å². The van der Waals surface area contributed by atoms with Crippen molar-refractivity contribution >= 4 is 33.2 Å². The number of para-hydroxylation sites is 1. The highest BCUT2D eigenvalue weighted by Crippen LogP contribution is 2.25. The Morgan fingerprint density at radius 3 is 2.46 bits per heavy atom. The predicted molar refractivity (Wildman–Crippen MR) is 95.9 cm³/mol. The van der Waals surface area contributed by atoms with Gasteiger partial charge in [-0.3, -0.25) is 9.52 Å². The van der Waals surface area contributed by atoms with Gasteiger partial charge in [0, 0.05) is 17.3 Å². The molecule has 1 amide bonds. The molecule has 1 unspecified atom stereocenters. The molecule has 5 nitrogen and oxygen atoms in total. The molecular formula is C17H19ClN2O3S. The molecule has 0 heterocycles. The van der Waals surface area contributed by atoms with Crippen LogP contribution in [0.5, 0.6) is 0 Å². The van der Waals surface area contributed by atoms with Gasteiger partial charge in [-0.25, -0.2) is 8.42 Å². The summed E-state index contributed by atoms with van der Waals surface area (Å²) in [5.74, 6) is -0.336. The van der Waals surface area contributed by atoms with Gasteiger partial charge in [0.05, 0.1) is 5.02 Å². The third-order valence-corrected chi connectivity index (χ3v) is 5.36. The van der Waals surface area contributed by atoms with Crippen LogP contribution in [0.1, 0.15) is 30.6 Å². The van der Waals surface area contributed by atoms with Crippen molar-refractivity contribution in [2.24, 2.45) is 0 Å². The number of hydrogen-bond donors (Lipinski definition) is 2. The van der Waals surface area contributed by atoms with Gasteiger partial charge in [0.2, 0.25) is 0 Å². The highest BCUT2D eigenvalue weighted by molar-refractivity contribution is 7.92. The average Bonchev–Trinajstić information content (AvgIpc) is 2.55. The maximum absolute atomic E-state index is 12.5. The minimum absolute atomic E-state index is 0.00400. The molecule has 0 saturated heterocycles. The number of halogens is 1. The Kier molecular flexibility index (Phi) is 5.85. The van der Waals surface area contributed by atoms with Gasteiger partial charge in [0.25, 0.3) is 15.9 Å². The first-order valence-electron chi connectivity index (χ1n) is 7.51. The molecule has 0 aliphatic rings. The summed E-state index contributed by atoms with van der Waals surface area (Å²) in [5.41, 5.74) is 0.663. The molecule has 2 N–H and O–H groups in total. The summed E-state index contributed by atoms with van der Waals surface area (Å²) in [4.78, 5) is 12.1. The average molecular weight is 367 g/mol. The van der Waals surface area contributed by atoms with Crippen molar-refractivity contribution in [2.75, 3.05) is 4.72 Å². The molecule has 7 heteroatoms. The second-order valence-electron chi connectivity index (χ2n) is 5.40. The van der Waals surface area contributed by atoms with Crippen LogP contribution in [0.25, 0.3) is 0 Å². The van der Waals surface area contributed by atoms with Crippen LogP contribution in [0.15, 0.2) is 53.4 Å². The molecular weight excluding hydrogens is 348 g/mol. The Morgan fingerprint density at radius 2 is 1.83 bits per heavy atom. The minimum atomic E-state index is -3.90. The van der Waals surface area contributed by atoms with E-state index in [0.29, 0.717) is 5.69 Å². The van der Waals surface area contributed by atoms with Crippen molar-refractivity contribution in [3.63, 3.8) is 0 Å². The van der Waals surface area contributed by atoms with Crippen molar-refractivity contribution in [3.8, 4) is 0 Å². The quantitative estimate of drug-likeness (QED) is 0.819. The Bertz CT molecular complexity index is 823. The van der Waals surface area contributed by atoms with E-state index in [1.807, 2.05) is 13.8 Å². The second-order valence-corrected chi connectivity index (χ2v) is 7.46. The van der Waals surface area contributed by atoms with Crippen LogP contribution >= 0.6 is 11.6 Å². The largest absolute Gasteiger partial charge is 0.350 e. The van der Waals surface area contributed by atoms with Crippen molar-refractivity contribution in [1.82, 2.24) is 5.32 Å². The molecule has 2 aromatic rings. The lowest BCUT2D eigenvalue weighted by atomic mass is 10.2. The summed E-state index contributed by atoms with van der Waals surface area (Å²) in [6, 6.07) is 12.7. The molecule has 0 radical (unpaired) electrons. The fraction of sp³-hybridized carbons (Fsp3) is 0.235. The third kappa shape index (κ3) is 4.49. The van der Waals surface area contributed by atoms with Crippen LogP contribution in [-0.2, 0) is 10.0 Å². The highest BCUT2D eigenvalue weighted by atomic mass is 35.5. The van der Waals surface area contributed by atoms with Crippen LogP contribution in [-0.4, -0.2) is 20.4 Å². The second kappa shape index (κ2) is 7.68. The van der Waals surface area contributed by atoms with E-state index in [-0.39, 0.29) is 27.4 Å². The summed E-state index contributed by atoms with van der Waals surface area (Å²) >= 11 is 6.03. The Hall–Kier alpha value is -2.05. The number of benzene rings is 2. The first-order valence-corrected chi connectivity index (χ1v) is 9.38. The van der Waals surface area contributed by atoms with Crippen LogP contribution in [0.4, 0.5) is 5.69 Å². The number of nitrogens with one attached hydrogen (secondary N) is 2. The lowest BCUT2D eigenvalue weighted by molar-refractivity contribution is 0.0939. The lowest BCUT2D eigenvalue weighted by Crippen LogP contribution is -2.32. The predicted octanol–water partition coefficient (Wildman–Crippen LogP) is 3.67. The van der Waals surface area contributed by atoms with Crippen LogP contribution in [0, 0.1) is 0 Å². The van der Waals surface area contributed by atoms with Gasteiger partial charge >= 0.3 is 0 Å². The van der Waals surface area contributed by atoms with E-state index in [0.717, 1.165) is 6.42 Å². The number of amides is 1. The van der Waals surface area contributed by atoms with E-state index in [1.165, 1.54) is 18.2 Å². The molecule has 2 rings (SSSR count). The molecule has 0 fully saturated rings. The number of sulfonamides is 1. The van der Waals surface area contributed by atoms with Gasteiger partial charge < -0.3 is 5.32 Å². The fourth-order valence-corrected chi connectivity index (χ4v) is 3.56. The highest BCUT2D eigenvalue weighted by Gasteiger charge is 2.20. The molecule has 128 valence electrons. The van der Waals surface area contributed by atoms with Gasteiger partial charge in [-0.05, 0) is 43.7 Å². The van der Waals surface area contributed by atoms with Crippen LogP contribution < -0.4 is 10.0 Å². The molecule has 0 bridgehead atoms. The van der Waals surface area contributed by atoms with E-state index in [1.54, 1.807) is 30.3 Å². The van der Waals surface area contributed by atoms with Crippen molar-refractivity contribution in [1.29, 1.82) is 0 Å². The summed E-state index contributed by atoms with van der Waals surface area (Å²) in [6.07, 6.45) is 0.778. The summed E-state index contributed by atoms with van der Waals surface area (Å²) < 4.78 is 27.5. The summed E-state index contributed by atoms with van der Waals surface area (Å²) in [5, 5.41) is 2.85. The van der Waals surface area contributed by atoms with Gasteiger partial charge in [-0.1, -0.05) is 36.7 Å². The SMILES string of the molecule is CCC(C)NC(=O)c1ccc(Cl)c(S(=O)(=O)Nc2ccccc2)c1. The van der Waals surface area contributed by atoms with Crippen molar-refractivity contribution < 1.29 is 13.2 Å². The van der Waals surface area contributed by atoms with E-state index >= 15 is 0 Å². The first-order chi connectivity index (χ1) is 11.3. The summed E-state index contributed by atoms with van der Waals surface area (Å²) in [7, 11) is -3.90. The van der Waals surface area contributed by atoms with Gasteiger partial charge in [-0.15, -0.1) is 0 Å². The molecule has 0 aromatic heterocycles. The Labute approximate surface area is 147 Å². The van der Waals surface area contributed by atoms with Gasteiger partial charge in [0.1, 0.15) is 4.90 Å². The topological polar surface area (TPSA) is 75.3 Å². The maximum Gasteiger partial charge on any atom is 0.263 e. The van der Waals surface area contributed by atoms with E-state index in [2.05, 4.69) is 10.0 Å². The zero-order valence-corrected chi connectivity index (χ0v) is 15.0. The van der Waals surface area contributed by atoms with E-state index < -0.39 is 10.0 Å². The Morgan fingerprint density at radius 1 is 1.17 bits per heavy atom. The molecule has 24 heavy (non-hydrogen) atoms. The summed E-state index contributed by atoms with van der Waals surface area (Å²) in [6.45, 7) is 3.83. The number of anilines is 1. The zero-order chi connectivity index (χ0) is 17.7. The normalized spacial score (nSPS) is 12.5. The van der Waals surface area contributed by atoms with Crippen molar-refractivity contribution in [3.05, 3.63) is 59.1 Å².